The molecule has 1 saturated heterocycles. The smallest absolute Gasteiger partial charge is 0.412 e. The quantitative estimate of drug-likeness (QED) is 0.805. The first-order valence-corrected chi connectivity index (χ1v) is 9.88. The van der Waals surface area contributed by atoms with E-state index in [-0.39, 0.29) is 0 Å². The van der Waals surface area contributed by atoms with Gasteiger partial charge < -0.3 is 14.5 Å². The van der Waals surface area contributed by atoms with E-state index < -0.39 is 11.7 Å². The van der Waals surface area contributed by atoms with Crippen LogP contribution in [-0.2, 0) is 4.74 Å². The third-order valence-electron chi connectivity index (χ3n) is 4.90. The van der Waals surface area contributed by atoms with E-state index in [0.29, 0.717) is 0 Å². The fraction of sp³-hybridized carbons (Fsp3) is 0.667. The largest absolute Gasteiger partial charge is 0.444 e. The minimum absolute atomic E-state index is 0.414. The van der Waals surface area contributed by atoms with Gasteiger partial charge in [-0.1, -0.05) is 13.8 Å². The molecule has 0 aliphatic carbocycles. The summed E-state index contributed by atoms with van der Waals surface area (Å²) >= 11 is 0. The van der Waals surface area contributed by atoms with Crippen LogP contribution < -0.4 is 10.2 Å². The molecule has 0 bridgehead atoms. The number of benzene rings is 1. The van der Waals surface area contributed by atoms with Crippen molar-refractivity contribution in [3.05, 3.63) is 24.3 Å². The Balaban J connectivity index is 1.83. The molecule has 26 heavy (non-hydrogen) atoms. The van der Waals surface area contributed by atoms with Crippen molar-refractivity contribution in [3.8, 4) is 0 Å². The molecule has 0 unspecified atom stereocenters. The molecule has 2 rings (SSSR count). The second-order valence-corrected chi connectivity index (χ2v) is 8.09. The summed E-state index contributed by atoms with van der Waals surface area (Å²) in [7, 11) is 0. The van der Waals surface area contributed by atoms with Crippen LogP contribution in [0.4, 0.5) is 16.2 Å². The average molecular weight is 362 g/mol. The van der Waals surface area contributed by atoms with Crippen LogP contribution in [0.3, 0.4) is 0 Å². The number of rotatable bonds is 6. The summed E-state index contributed by atoms with van der Waals surface area (Å²) in [4.78, 5) is 16.8. The van der Waals surface area contributed by atoms with Gasteiger partial charge in [-0.25, -0.2) is 4.79 Å². The fourth-order valence-electron chi connectivity index (χ4n) is 3.40. The second kappa shape index (κ2) is 9.26. The number of nitrogens with one attached hydrogen (secondary N) is 1. The summed E-state index contributed by atoms with van der Waals surface area (Å²) in [5, 5.41) is 2.78. The van der Waals surface area contributed by atoms with Crippen molar-refractivity contribution in [1.29, 1.82) is 0 Å². The molecule has 1 aromatic carbocycles. The summed E-state index contributed by atoms with van der Waals surface area (Å²) in [5.41, 5.74) is 1.50. The van der Waals surface area contributed by atoms with Crippen LogP contribution in [-0.4, -0.2) is 49.3 Å². The SMILES string of the molecule is CCN(CC)CC1CCN(c2ccc(NC(=O)OC(C)(C)C)cc2)CC1. The number of amides is 1. The Bertz CT molecular complexity index is 554. The van der Waals surface area contributed by atoms with E-state index in [2.05, 4.69) is 41.1 Å². The molecular formula is C21H35N3O2. The highest BCUT2D eigenvalue weighted by atomic mass is 16.6. The molecule has 1 amide bonds. The lowest BCUT2D eigenvalue weighted by Gasteiger charge is -2.35. The van der Waals surface area contributed by atoms with Crippen molar-refractivity contribution in [2.24, 2.45) is 5.92 Å². The van der Waals surface area contributed by atoms with Gasteiger partial charge in [0.2, 0.25) is 0 Å². The third-order valence-corrected chi connectivity index (χ3v) is 4.90. The molecule has 5 nitrogen and oxygen atoms in total. The van der Waals surface area contributed by atoms with Crippen LogP contribution in [0.1, 0.15) is 47.5 Å². The molecule has 0 saturated carbocycles. The minimum atomic E-state index is -0.487. The van der Waals surface area contributed by atoms with Gasteiger partial charge in [0.15, 0.2) is 0 Å². The molecule has 146 valence electrons. The van der Waals surface area contributed by atoms with E-state index in [1.165, 1.54) is 25.1 Å². The zero-order chi connectivity index (χ0) is 19.2. The van der Waals surface area contributed by atoms with Gasteiger partial charge >= 0.3 is 6.09 Å². The van der Waals surface area contributed by atoms with Crippen molar-refractivity contribution in [2.75, 3.05) is 42.9 Å². The van der Waals surface area contributed by atoms with Crippen LogP contribution in [0, 0.1) is 5.92 Å². The summed E-state index contributed by atoms with van der Waals surface area (Å²) in [5.74, 6) is 0.805. The maximum atomic E-state index is 11.8. The van der Waals surface area contributed by atoms with E-state index in [9.17, 15) is 4.79 Å². The lowest BCUT2D eigenvalue weighted by atomic mass is 9.95. The Kier molecular flexibility index (Phi) is 7.33. The van der Waals surface area contributed by atoms with Gasteiger partial charge in [0, 0.05) is 31.0 Å². The molecule has 1 fully saturated rings. The molecule has 1 aliphatic rings. The third kappa shape index (κ3) is 6.52. The van der Waals surface area contributed by atoms with Gasteiger partial charge in [0.05, 0.1) is 0 Å². The summed E-state index contributed by atoms with van der Waals surface area (Å²) in [6, 6.07) is 8.05. The Hall–Kier alpha value is -1.75. The first kappa shape index (κ1) is 20.6. The number of nitrogens with zero attached hydrogens (tertiary/aromatic N) is 2. The van der Waals surface area contributed by atoms with Crippen LogP contribution in [0.15, 0.2) is 24.3 Å². The normalized spacial score (nSPS) is 16.0. The highest BCUT2D eigenvalue weighted by Gasteiger charge is 2.21. The van der Waals surface area contributed by atoms with Crippen LogP contribution in [0.25, 0.3) is 0 Å². The molecule has 0 radical (unpaired) electrons. The van der Waals surface area contributed by atoms with Gasteiger partial charge in [0.25, 0.3) is 0 Å². The number of carbonyl (C=O) groups is 1. The Morgan fingerprint density at radius 3 is 2.23 bits per heavy atom. The lowest BCUT2D eigenvalue weighted by Crippen LogP contribution is -2.38. The zero-order valence-electron chi connectivity index (χ0n) is 17.0. The molecule has 1 N–H and O–H groups in total. The molecule has 0 aromatic heterocycles. The van der Waals surface area contributed by atoms with Crippen molar-refractivity contribution >= 4 is 17.5 Å². The predicted octanol–water partition coefficient (Wildman–Crippen LogP) is 4.59. The summed E-state index contributed by atoms with van der Waals surface area (Å²) in [6.45, 7) is 15.8. The highest BCUT2D eigenvalue weighted by molar-refractivity contribution is 5.85. The fourth-order valence-corrected chi connectivity index (χ4v) is 3.40. The van der Waals surface area contributed by atoms with Crippen LogP contribution in [0.2, 0.25) is 0 Å². The van der Waals surface area contributed by atoms with Gasteiger partial charge in [-0.3, -0.25) is 5.32 Å². The Morgan fingerprint density at radius 1 is 1.15 bits per heavy atom. The first-order chi connectivity index (χ1) is 12.3. The minimum Gasteiger partial charge on any atom is -0.444 e. The van der Waals surface area contributed by atoms with Gasteiger partial charge in [0.1, 0.15) is 5.60 Å². The average Bonchev–Trinajstić information content (AvgIpc) is 2.59. The molecule has 5 heteroatoms. The zero-order valence-corrected chi connectivity index (χ0v) is 17.0. The standard InChI is InChI=1S/C21H35N3O2/c1-6-23(7-2)16-17-12-14-24(15-13-17)19-10-8-18(9-11-19)22-20(25)26-21(3,4)5/h8-11,17H,6-7,12-16H2,1-5H3,(H,22,25). The number of hydrogen-bond donors (Lipinski definition) is 1. The monoisotopic (exact) mass is 361 g/mol. The Morgan fingerprint density at radius 2 is 1.73 bits per heavy atom. The summed E-state index contributed by atoms with van der Waals surface area (Å²) in [6.07, 6.45) is 2.07. The predicted molar refractivity (Wildman–Crippen MR) is 109 cm³/mol. The lowest BCUT2D eigenvalue weighted by molar-refractivity contribution is 0.0636. The summed E-state index contributed by atoms with van der Waals surface area (Å²) < 4.78 is 5.29. The van der Waals surface area contributed by atoms with Crippen molar-refractivity contribution in [3.63, 3.8) is 0 Å². The molecule has 0 spiro atoms. The van der Waals surface area contributed by atoms with Crippen molar-refractivity contribution in [2.45, 2.75) is 53.1 Å². The number of anilines is 2. The number of hydrogen-bond acceptors (Lipinski definition) is 4. The number of piperidine rings is 1. The Labute approximate surface area is 158 Å². The van der Waals surface area contributed by atoms with Gasteiger partial charge in [-0.05, 0) is 76.9 Å². The second-order valence-electron chi connectivity index (χ2n) is 8.09. The molecular weight excluding hydrogens is 326 g/mol. The molecule has 0 atom stereocenters. The number of carbonyl (C=O) groups excluding carboxylic acids is 1. The van der Waals surface area contributed by atoms with Crippen molar-refractivity contribution < 1.29 is 9.53 Å². The molecule has 1 aliphatic heterocycles. The maximum absolute atomic E-state index is 11.8. The van der Waals surface area contributed by atoms with Crippen molar-refractivity contribution in [1.82, 2.24) is 4.90 Å². The molecule has 1 aromatic rings. The van der Waals surface area contributed by atoms with Crippen LogP contribution in [0.5, 0.6) is 0 Å². The van der Waals surface area contributed by atoms with E-state index in [1.807, 2.05) is 32.9 Å². The van der Waals surface area contributed by atoms with E-state index in [4.69, 9.17) is 4.74 Å². The number of ether oxygens (including phenoxy) is 1. The molecule has 1 heterocycles. The highest BCUT2D eigenvalue weighted by Crippen LogP contribution is 2.25. The van der Waals surface area contributed by atoms with Gasteiger partial charge in [-0.2, -0.15) is 0 Å². The first-order valence-electron chi connectivity index (χ1n) is 9.88. The van der Waals surface area contributed by atoms with Gasteiger partial charge in [-0.15, -0.1) is 0 Å². The van der Waals surface area contributed by atoms with E-state index >= 15 is 0 Å². The maximum Gasteiger partial charge on any atom is 0.412 e. The van der Waals surface area contributed by atoms with Crippen LogP contribution >= 0.6 is 0 Å². The van der Waals surface area contributed by atoms with E-state index in [0.717, 1.165) is 37.8 Å². The van der Waals surface area contributed by atoms with E-state index in [1.54, 1.807) is 0 Å². The topological polar surface area (TPSA) is 44.8 Å².